The Kier molecular flexibility index (Phi) is 24.4. The highest BCUT2D eigenvalue weighted by Crippen LogP contribution is 2.27. The maximum absolute atomic E-state index is 14.4. The SMILES string of the molecule is CCC(C)CC(C)CCCCCCCCC(=O)NC1CC(O)C(O)NC(=O)C2C(O)CCN2C(=O)C(C(O)CCN)NC(=O)C(C(O)C(O)c2ccc(O)cc2)NC(=O)C2CC(O)CN2C(=O)C(C(C)O)NC1=O. The molecule has 1 aromatic carbocycles. The number of amides is 7. The van der Waals surface area contributed by atoms with Crippen molar-refractivity contribution in [2.75, 3.05) is 19.6 Å². The Morgan fingerprint density at radius 1 is 0.716 bits per heavy atom. The summed E-state index contributed by atoms with van der Waals surface area (Å²) in [5, 5.41) is 111. The van der Waals surface area contributed by atoms with Crippen LogP contribution in [0, 0.1) is 11.8 Å². The van der Waals surface area contributed by atoms with Crippen molar-refractivity contribution in [1.82, 2.24) is 36.4 Å². The molecule has 74 heavy (non-hydrogen) atoms. The van der Waals surface area contributed by atoms with E-state index in [4.69, 9.17) is 5.73 Å². The first-order valence-corrected chi connectivity index (χ1v) is 26.0. The summed E-state index contributed by atoms with van der Waals surface area (Å²) in [5.74, 6) is -6.88. The molecule has 24 nitrogen and oxygen atoms in total. The number of nitrogens with one attached hydrogen (secondary N) is 5. The second-order valence-corrected chi connectivity index (χ2v) is 20.5. The average Bonchev–Trinajstić information content (AvgIpc) is 3.95. The van der Waals surface area contributed by atoms with Crippen LogP contribution in [0.3, 0.4) is 0 Å². The predicted octanol–water partition coefficient (Wildman–Crippen LogP) is -2.87. The molecule has 7 amide bonds. The van der Waals surface area contributed by atoms with Crippen molar-refractivity contribution < 1.29 is 79.5 Å². The number of fused-ring (bicyclic) bond motifs is 2. The van der Waals surface area contributed by atoms with Crippen LogP contribution in [0.15, 0.2) is 24.3 Å². The van der Waals surface area contributed by atoms with E-state index in [1.54, 1.807) is 0 Å². The van der Waals surface area contributed by atoms with Gasteiger partial charge in [0.05, 0.1) is 24.4 Å². The number of phenolic OH excluding ortho intramolecular Hbond substituents is 1. The van der Waals surface area contributed by atoms with E-state index in [9.17, 15) is 79.5 Å². The summed E-state index contributed by atoms with van der Waals surface area (Å²) in [6.45, 7) is 6.67. The largest absolute Gasteiger partial charge is 0.508 e. The number of aliphatic hydroxyl groups is 8. The lowest BCUT2D eigenvalue weighted by Gasteiger charge is -2.34. The second kappa shape index (κ2) is 29.3. The molecule has 0 spiro atoms. The van der Waals surface area contributed by atoms with E-state index in [1.165, 1.54) is 18.6 Å². The van der Waals surface area contributed by atoms with E-state index < -0.39 is 146 Å². The van der Waals surface area contributed by atoms with Crippen LogP contribution in [0.25, 0.3) is 0 Å². The molecule has 3 heterocycles. The van der Waals surface area contributed by atoms with Crippen LogP contribution >= 0.6 is 0 Å². The quantitative estimate of drug-likeness (QED) is 0.0584. The number of hydrogen-bond donors (Lipinski definition) is 15. The zero-order valence-electron chi connectivity index (χ0n) is 42.9. The zero-order valence-corrected chi connectivity index (χ0v) is 42.9. The van der Waals surface area contributed by atoms with Crippen LogP contribution in [-0.4, -0.2) is 196 Å². The van der Waals surface area contributed by atoms with Gasteiger partial charge in [-0.2, -0.15) is 0 Å². The van der Waals surface area contributed by atoms with Gasteiger partial charge in [0.15, 0.2) is 6.23 Å². The number of carbonyl (C=O) groups is 7. The minimum absolute atomic E-state index is 0.0598. The molecule has 4 rings (SSSR count). The van der Waals surface area contributed by atoms with Gasteiger partial charge in [-0.3, -0.25) is 33.6 Å². The molecule has 0 radical (unpaired) electrons. The molecule has 0 aliphatic carbocycles. The van der Waals surface area contributed by atoms with E-state index in [1.807, 2.05) is 0 Å². The van der Waals surface area contributed by atoms with E-state index in [0.717, 1.165) is 67.4 Å². The van der Waals surface area contributed by atoms with Crippen LogP contribution in [0.5, 0.6) is 5.75 Å². The third-order valence-electron chi connectivity index (χ3n) is 14.4. The zero-order chi connectivity index (χ0) is 55.0. The highest BCUT2D eigenvalue weighted by Gasteiger charge is 2.49. The normalized spacial score (nSPS) is 29.3. The van der Waals surface area contributed by atoms with Crippen LogP contribution in [0.4, 0.5) is 0 Å². The fourth-order valence-corrected chi connectivity index (χ4v) is 9.81. The van der Waals surface area contributed by atoms with Crippen molar-refractivity contribution in [3.05, 3.63) is 29.8 Å². The summed E-state index contributed by atoms with van der Waals surface area (Å²) in [6, 6.07) is -6.71. The maximum Gasteiger partial charge on any atom is 0.248 e. The van der Waals surface area contributed by atoms with Crippen LogP contribution < -0.4 is 32.3 Å². The van der Waals surface area contributed by atoms with Crippen LogP contribution in [-0.2, 0) is 33.6 Å². The molecule has 0 bridgehead atoms. The summed E-state index contributed by atoms with van der Waals surface area (Å²) in [7, 11) is 0. The Morgan fingerprint density at radius 2 is 1.32 bits per heavy atom. The number of aliphatic hydroxyl groups excluding tert-OH is 8. The molecule has 0 aromatic heterocycles. The third kappa shape index (κ3) is 17.2. The molecule has 3 saturated heterocycles. The van der Waals surface area contributed by atoms with Gasteiger partial charge in [-0.25, -0.2) is 0 Å². The van der Waals surface area contributed by atoms with Gasteiger partial charge in [0.1, 0.15) is 60.3 Å². The van der Waals surface area contributed by atoms with Gasteiger partial charge in [0.2, 0.25) is 41.4 Å². The second-order valence-electron chi connectivity index (χ2n) is 20.5. The van der Waals surface area contributed by atoms with Gasteiger partial charge < -0.3 is 88.1 Å². The standard InChI is InChI=1S/C50H82N8O16/c1-5-26(2)22-27(3)12-10-8-6-7-9-11-13-37(65)52-32-24-36(64)46(70)56-48(72)41-35(63)19-21-57(41)50(74)39(34(62)18-20-51)54-47(71)40(43(67)42(66)29-14-16-30(60)17-15-29)55-45(69)33-23-31(61)25-58(33)49(73)38(28(4)59)53-44(32)68/h14-17,26-28,31-36,38-43,46,59-64,66-67,70H,5-13,18-25,51H2,1-4H3,(H,52,65)(H,53,68)(H,54,71)(H,55,69)(H,56,72). The molecule has 0 saturated carbocycles. The highest BCUT2D eigenvalue weighted by atomic mass is 16.3. The Morgan fingerprint density at radius 3 is 1.96 bits per heavy atom. The first-order chi connectivity index (χ1) is 35.0. The minimum atomic E-state index is -2.29. The number of unbranched alkanes of at least 4 members (excludes halogenated alkanes) is 5. The lowest BCUT2D eigenvalue weighted by molar-refractivity contribution is -0.149. The summed E-state index contributed by atoms with van der Waals surface area (Å²) in [6.07, 6.45) is -8.51. The minimum Gasteiger partial charge on any atom is -0.508 e. The number of hydrogen-bond acceptors (Lipinski definition) is 17. The van der Waals surface area contributed by atoms with Crippen LogP contribution in [0.2, 0.25) is 0 Å². The van der Waals surface area contributed by atoms with Crippen molar-refractivity contribution in [3.63, 3.8) is 0 Å². The molecule has 3 fully saturated rings. The van der Waals surface area contributed by atoms with Crippen molar-refractivity contribution >= 4 is 41.4 Å². The number of rotatable bonds is 20. The van der Waals surface area contributed by atoms with E-state index in [-0.39, 0.29) is 43.7 Å². The molecular weight excluding hydrogens is 969 g/mol. The average molecular weight is 1050 g/mol. The fourth-order valence-electron chi connectivity index (χ4n) is 9.81. The number of phenols is 1. The van der Waals surface area contributed by atoms with Gasteiger partial charge >= 0.3 is 0 Å². The van der Waals surface area contributed by atoms with Crippen molar-refractivity contribution in [3.8, 4) is 5.75 Å². The smallest absolute Gasteiger partial charge is 0.248 e. The molecule has 16 atom stereocenters. The number of nitrogens with two attached hydrogens (primary N) is 1. The lowest BCUT2D eigenvalue weighted by atomic mass is 9.91. The number of benzene rings is 1. The van der Waals surface area contributed by atoms with E-state index in [2.05, 4.69) is 47.4 Å². The molecule has 418 valence electrons. The molecule has 16 unspecified atom stereocenters. The predicted molar refractivity (Wildman–Crippen MR) is 265 cm³/mol. The van der Waals surface area contributed by atoms with Crippen molar-refractivity contribution in [2.45, 2.75) is 203 Å². The summed E-state index contributed by atoms with van der Waals surface area (Å²) in [4.78, 5) is 100. The first-order valence-electron chi connectivity index (χ1n) is 26.0. The molecule has 3 aliphatic heterocycles. The number of nitrogens with zero attached hydrogens (tertiary/aromatic N) is 2. The van der Waals surface area contributed by atoms with Crippen molar-refractivity contribution in [1.29, 1.82) is 0 Å². The molecule has 16 N–H and O–H groups in total. The van der Waals surface area contributed by atoms with Crippen LogP contribution in [0.1, 0.15) is 129 Å². The van der Waals surface area contributed by atoms with Gasteiger partial charge in [0.25, 0.3) is 0 Å². The molecule has 24 heteroatoms. The monoisotopic (exact) mass is 1050 g/mol. The van der Waals surface area contributed by atoms with E-state index >= 15 is 0 Å². The van der Waals surface area contributed by atoms with Gasteiger partial charge in [-0.15, -0.1) is 0 Å². The Labute approximate surface area is 431 Å². The summed E-state index contributed by atoms with van der Waals surface area (Å²) >= 11 is 0. The fraction of sp³-hybridized carbons (Fsp3) is 0.740. The Bertz CT molecular complexity index is 2020. The summed E-state index contributed by atoms with van der Waals surface area (Å²) in [5.41, 5.74) is 5.63. The molecule has 3 aliphatic rings. The van der Waals surface area contributed by atoms with Gasteiger partial charge in [-0.1, -0.05) is 77.8 Å². The highest BCUT2D eigenvalue weighted by molar-refractivity contribution is 5.98. The topological polar surface area (TPSA) is 394 Å². The number of carbonyl (C=O) groups excluding carboxylic acids is 7. The maximum atomic E-state index is 14.4. The Balaban J connectivity index is 1.68. The first kappa shape index (κ1) is 61.5. The van der Waals surface area contributed by atoms with Gasteiger partial charge in [-0.05, 0) is 68.7 Å². The van der Waals surface area contributed by atoms with E-state index in [0.29, 0.717) is 24.7 Å². The number of aromatic hydroxyl groups is 1. The Hall–Kier alpha value is -5.05. The van der Waals surface area contributed by atoms with Crippen molar-refractivity contribution in [2.24, 2.45) is 17.6 Å². The molecular formula is C50H82N8O16. The third-order valence-corrected chi connectivity index (χ3v) is 14.4. The molecule has 1 aromatic rings. The lowest BCUT2D eigenvalue weighted by Crippen LogP contribution is -2.64. The summed E-state index contributed by atoms with van der Waals surface area (Å²) < 4.78 is 0. The van der Waals surface area contributed by atoms with Gasteiger partial charge in [0, 0.05) is 32.4 Å².